The predicted octanol–water partition coefficient (Wildman–Crippen LogP) is 2.08. The van der Waals surface area contributed by atoms with Crippen molar-refractivity contribution in [2.45, 2.75) is 104 Å². The van der Waals surface area contributed by atoms with Crippen molar-refractivity contribution in [3.8, 4) is 0 Å². The highest BCUT2D eigenvalue weighted by Crippen LogP contribution is 2.29. The summed E-state index contributed by atoms with van der Waals surface area (Å²) >= 11 is 0. The lowest BCUT2D eigenvalue weighted by Gasteiger charge is -2.37. The topological polar surface area (TPSA) is 183 Å². The SMILES string of the molecule is CCCC(NC(=O)[C@@H]1CC[C@H](C)N1C(=O)[C@@H](NC(=O)OCC(C)C)C(C)(C)C)C(=O)C(=O)NCC(=O)N[C@H](C(=O)N(C)C)c1ccccc1. The first-order valence-corrected chi connectivity index (χ1v) is 16.8. The fourth-order valence-electron chi connectivity index (χ4n) is 5.45. The van der Waals surface area contributed by atoms with E-state index in [0.29, 0.717) is 24.8 Å². The smallest absolute Gasteiger partial charge is 0.407 e. The predicted molar refractivity (Wildman–Crippen MR) is 183 cm³/mol. The summed E-state index contributed by atoms with van der Waals surface area (Å²) in [5.41, 5.74) is -0.171. The minimum absolute atomic E-state index is 0.102. The fourth-order valence-corrected chi connectivity index (χ4v) is 5.45. The number of carbonyl (C=O) groups excluding carboxylic acids is 7. The van der Waals surface area contributed by atoms with Crippen LogP contribution in [0.15, 0.2) is 30.3 Å². The number of likely N-dealkylation sites (N-methyl/N-ethyl adjacent to an activating group) is 1. The second kappa shape index (κ2) is 18.3. The van der Waals surface area contributed by atoms with Crippen LogP contribution in [0, 0.1) is 11.3 Å². The number of likely N-dealkylation sites (tertiary alicyclic amines) is 1. The zero-order valence-electron chi connectivity index (χ0n) is 30.3. The number of amides is 6. The number of nitrogens with one attached hydrogen (secondary N) is 4. The van der Waals surface area contributed by atoms with Gasteiger partial charge in [0.15, 0.2) is 0 Å². The van der Waals surface area contributed by atoms with Gasteiger partial charge in [-0.05, 0) is 43.1 Å². The fraction of sp³-hybridized carbons (Fsp3) is 0.629. The molecule has 14 nitrogen and oxygen atoms in total. The van der Waals surface area contributed by atoms with E-state index in [4.69, 9.17) is 4.74 Å². The molecule has 272 valence electrons. The molecule has 49 heavy (non-hydrogen) atoms. The standard InChI is InChI=1S/C35H54N6O8/c1-10-14-24(28(43)31(45)36-19-26(42)38-27(32(46)40(8)9)23-15-12-11-13-16-23)37-30(44)25-18-17-22(4)41(25)33(47)29(35(5,6)7)39-34(48)49-20-21(2)3/h11-13,15-16,21-22,24-25,27,29H,10,14,17-20H2,1-9H3,(H,36,45)(H,37,44)(H,38,42)(H,39,48)/t22-,24?,25-,27-,29+/m0/s1. The maximum absolute atomic E-state index is 13.9. The minimum atomic E-state index is -1.21. The van der Waals surface area contributed by atoms with Gasteiger partial charge in [-0.1, -0.05) is 78.3 Å². The molecule has 1 fully saturated rings. The van der Waals surface area contributed by atoms with Crippen molar-refractivity contribution >= 4 is 41.4 Å². The van der Waals surface area contributed by atoms with Crippen LogP contribution in [0.3, 0.4) is 0 Å². The van der Waals surface area contributed by atoms with Gasteiger partial charge >= 0.3 is 6.09 Å². The van der Waals surface area contributed by atoms with Gasteiger partial charge in [-0.3, -0.25) is 28.8 Å². The van der Waals surface area contributed by atoms with Crippen LogP contribution in [0.25, 0.3) is 0 Å². The molecule has 1 aromatic carbocycles. The van der Waals surface area contributed by atoms with E-state index in [1.165, 1.54) is 9.80 Å². The molecule has 5 atom stereocenters. The molecule has 0 spiro atoms. The van der Waals surface area contributed by atoms with Gasteiger partial charge in [-0.15, -0.1) is 0 Å². The molecule has 14 heteroatoms. The Balaban J connectivity index is 2.12. The van der Waals surface area contributed by atoms with Gasteiger partial charge < -0.3 is 35.8 Å². The van der Waals surface area contributed by atoms with Gasteiger partial charge in [-0.2, -0.15) is 0 Å². The number of Topliss-reactive ketones (excluding diaryl/α,β-unsaturated/α-hetero) is 1. The molecule has 0 radical (unpaired) electrons. The van der Waals surface area contributed by atoms with Crippen LogP contribution >= 0.6 is 0 Å². The Morgan fingerprint density at radius 3 is 2.14 bits per heavy atom. The first-order chi connectivity index (χ1) is 22.9. The summed E-state index contributed by atoms with van der Waals surface area (Å²) in [4.78, 5) is 94.5. The van der Waals surface area contributed by atoms with Gasteiger partial charge in [0.05, 0.1) is 19.2 Å². The second-order valence-corrected chi connectivity index (χ2v) is 14.2. The third kappa shape index (κ3) is 11.9. The molecule has 0 saturated carbocycles. The van der Waals surface area contributed by atoms with Crippen molar-refractivity contribution < 1.29 is 38.3 Å². The summed E-state index contributed by atoms with van der Waals surface area (Å²) in [6.07, 6.45) is 0.695. The minimum Gasteiger partial charge on any atom is -0.449 e. The Labute approximate surface area is 289 Å². The van der Waals surface area contributed by atoms with Gasteiger partial charge in [0.1, 0.15) is 18.1 Å². The first-order valence-electron chi connectivity index (χ1n) is 16.8. The van der Waals surface area contributed by atoms with Crippen LogP contribution in [0.2, 0.25) is 0 Å². The molecular weight excluding hydrogens is 632 g/mol. The van der Waals surface area contributed by atoms with Crippen molar-refractivity contribution in [1.82, 2.24) is 31.1 Å². The number of alkyl carbamates (subject to hydrolysis) is 1. The molecule has 2 rings (SSSR count). The van der Waals surface area contributed by atoms with Crippen LogP contribution in [0.1, 0.15) is 85.8 Å². The molecule has 1 heterocycles. The van der Waals surface area contributed by atoms with E-state index in [1.807, 2.05) is 20.8 Å². The highest BCUT2D eigenvalue weighted by Gasteiger charge is 2.45. The van der Waals surface area contributed by atoms with E-state index in [1.54, 1.807) is 72.1 Å². The Morgan fingerprint density at radius 2 is 1.59 bits per heavy atom. The molecule has 0 bridgehead atoms. The van der Waals surface area contributed by atoms with E-state index in [0.717, 1.165) is 0 Å². The van der Waals surface area contributed by atoms with E-state index >= 15 is 0 Å². The monoisotopic (exact) mass is 686 g/mol. The lowest BCUT2D eigenvalue weighted by Crippen LogP contribution is -2.60. The van der Waals surface area contributed by atoms with Crippen LogP contribution in [0.4, 0.5) is 4.79 Å². The lowest BCUT2D eigenvalue weighted by molar-refractivity contribution is -0.145. The van der Waals surface area contributed by atoms with Crippen LogP contribution in [-0.2, 0) is 33.5 Å². The number of carbonyl (C=O) groups is 7. The Kier molecular flexibility index (Phi) is 15.2. The van der Waals surface area contributed by atoms with E-state index in [9.17, 15) is 33.6 Å². The molecule has 1 aromatic rings. The number of hydrogen-bond donors (Lipinski definition) is 4. The van der Waals surface area contributed by atoms with E-state index in [2.05, 4.69) is 21.3 Å². The van der Waals surface area contributed by atoms with E-state index in [-0.39, 0.29) is 30.9 Å². The Hall–Kier alpha value is -4.49. The third-order valence-corrected chi connectivity index (χ3v) is 8.12. The summed E-state index contributed by atoms with van der Waals surface area (Å²) in [6, 6.07) is 4.14. The Morgan fingerprint density at radius 1 is 0.959 bits per heavy atom. The second-order valence-electron chi connectivity index (χ2n) is 14.2. The summed E-state index contributed by atoms with van der Waals surface area (Å²) in [5, 5.41) is 10.2. The maximum Gasteiger partial charge on any atom is 0.407 e. The largest absolute Gasteiger partial charge is 0.449 e. The summed E-state index contributed by atoms with van der Waals surface area (Å²) in [5.74, 6) is -4.04. The van der Waals surface area contributed by atoms with Gasteiger partial charge in [0.2, 0.25) is 29.4 Å². The molecular formula is C35H54N6O8. The number of nitrogens with zero attached hydrogens (tertiary/aromatic N) is 2. The molecule has 0 aliphatic carbocycles. The van der Waals surface area contributed by atoms with Crippen molar-refractivity contribution in [3.63, 3.8) is 0 Å². The lowest BCUT2D eigenvalue weighted by atomic mass is 9.85. The summed E-state index contributed by atoms with van der Waals surface area (Å²) in [7, 11) is 3.11. The normalized spacial score (nSPS) is 17.7. The van der Waals surface area contributed by atoms with Crippen molar-refractivity contribution in [1.29, 1.82) is 0 Å². The number of rotatable bonds is 15. The van der Waals surface area contributed by atoms with Crippen molar-refractivity contribution in [2.24, 2.45) is 11.3 Å². The average molecular weight is 687 g/mol. The third-order valence-electron chi connectivity index (χ3n) is 8.12. The highest BCUT2D eigenvalue weighted by molar-refractivity contribution is 6.38. The van der Waals surface area contributed by atoms with Gasteiger partial charge in [0.25, 0.3) is 5.91 Å². The molecule has 1 saturated heterocycles. The zero-order valence-corrected chi connectivity index (χ0v) is 30.3. The highest BCUT2D eigenvalue weighted by atomic mass is 16.5. The van der Waals surface area contributed by atoms with Gasteiger partial charge in [0, 0.05) is 20.1 Å². The zero-order chi connectivity index (χ0) is 37.1. The quantitative estimate of drug-likeness (QED) is 0.202. The van der Waals surface area contributed by atoms with Gasteiger partial charge in [-0.25, -0.2) is 4.79 Å². The number of benzene rings is 1. The van der Waals surface area contributed by atoms with Crippen LogP contribution in [0.5, 0.6) is 0 Å². The molecule has 1 aliphatic heterocycles. The van der Waals surface area contributed by atoms with E-state index < -0.39 is 71.6 Å². The van der Waals surface area contributed by atoms with Crippen LogP contribution < -0.4 is 21.3 Å². The maximum atomic E-state index is 13.9. The molecule has 1 unspecified atom stereocenters. The summed E-state index contributed by atoms with van der Waals surface area (Å²) < 4.78 is 5.25. The summed E-state index contributed by atoms with van der Waals surface area (Å²) in [6.45, 7) is 12.4. The number of ether oxygens (including phenoxy) is 1. The molecule has 4 N–H and O–H groups in total. The average Bonchev–Trinajstić information content (AvgIpc) is 3.43. The van der Waals surface area contributed by atoms with Crippen LogP contribution in [-0.4, -0.2) is 103 Å². The Bertz CT molecular complexity index is 1340. The van der Waals surface area contributed by atoms with Crippen molar-refractivity contribution in [2.75, 3.05) is 27.2 Å². The number of ketones is 1. The van der Waals surface area contributed by atoms with Crippen molar-refractivity contribution in [3.05, 3.63) is 35.9 Å². The first kappa shape index (κ1) is 40.7. The molecule has 1 aliphatic rings. The molecule has 6 amide bonds. The molecule has 0 aromatic heterocycles. The number of hydrogen-bond acceptors (Lipinski definition) is 8.